The smallest absolute Gasteiger partial charge is 0.237 e. The van der Waals surface area contributed by atoms with Gasteiger partial charge in [0.15, 0.2) is 16.6 Å². The van der Waals surface area contributed by atoms with Gasteiger partial charge in [0, 0.05) is 16.5 Å². The predicted octanol–water partition coefficient (Wildman–Crippen LogP) is 3.65. The maximum absolute atomic E-state index is 12.6. The zero-order chi connectivity index (χ0) is 17.5. The first-order valence-electron chi connectivity index (χ1n) is 8.16. The number of hydrogen-bond acceptors (Lipinski definition) is 6. The van der Waals surface area contributed by atoms with Crippen molar-refractivity contribution in [3.63, 3.8) is 0 Å². The Morgan fingerprint density at radius 3 is 2.92 bits per heavy atom. The van der Waals surface area contributed by atoms with Gasteiger partial charge in [-0.05, 0) is 24.3 Å². The van der Waals surface area contributed by atoms with Gasteiger partial charge in [-0.2, -0.15) is 0 Å². The van der Waals surface area contributed by atoms with E-state index in [1.165, 1.54) is 11.3 Å². The van der Waals surface area contributed by atoms with Crippen molar-refractivity contribution in [3.8, 4) is 28.5 Å². The molecule has 1 amide bonds. The van der Waals surface area contributed by atoms with Crippen molar-refractivity contribution < 1.29 is 19.0 Å². The Kier molecular flexibility index (Phi) is 3.53. The number of hydrogen-bond donors (Lipinski definition) is 1. The van der Waals surface area contributed by atoms with Crippen molar-refractivity contribution in [2.24, 2.45) is 0 Å². The highest BCUT2D eigenvalue weighted by atomic mass is 32.1. The number of fused-ring (bicyclic) bond motifs is 2. The summed E-state index contributed by atoms with van der Waals surface area (Å²) >= 11 is 1.39. The second-order valence-corrected chi connectivity index (χ2v) is 6.85. The fourth-order valence-corrected chi connectivity index (χ4v) is 3.81. The number of ether oxygens (including phenoxy) is 3. The number of benzene rings is 2. The van der Waals surface area contributed by atoms with E-state index in [2.05, 4.69) is 10.3 Å². The molecule has 26 heavy (non-hydrogen) atoms. The number of nitrogens with one attached hydrogen (secondary N) is 1. The molecule has 0 spiro atoms. The lowest BCUT2D eigenvalue weighted by Gasteiger charge is -2.07. The minimum absolute atomic E-state index is 0.110. The molecule has 2 aliphatic heterocycles. The van der Waals surface area contributed by atoms with E-state index >= 15 is 0 Å². The number of amides is 1. The molecule has 0 bridgehead atoms. The van der Waals surface area contributed by atoms with Crippen LogP contribution in [0.15, 0.2) is 47.8 Å². The lowest BCUT2D eigenvalue weighted by Crippen LogP contribution is -2.22. The second kappa shape index (κ2) is 6.03. The predicted molar refractivity (Wildman–Crippen MR) is 97.0 cm³/mol. The van der Waals surface area contributed by atoms with Crippen LogP contribution in [0.1, 0.15) is 11.5 Å². The molecular formula is C19H14N2O4S. The minimum atomic E-state index is -0.316. The van der Waals surface area contributed by atoms with Crippen LogP contribution in [0, 0.1) is 0 Å². The van der Waals surface area contributed by atoms with Crippen LogP contribution in [0.4, 0.5) is 5.13 Å². The first kappa shape index (κ1) is 15.2. The van der Waals surface area contributed by atoms with Crippen LogP contribution in [0.3, 0.4) is 0 Å². The third-order valence-corrected chi connectivity index (χ3v) is 5.18. The number of carbonyl (C=O) groups is 1. The van der Waals surface area contributed by atoms with E-state index in [0.717, 1.165) is 28.3 Å². The van der Waals surface area contributed by atoms with E-state index in [-0.39, 0.29) is 18.6 Å². The second-order valence-electron chi connectivity index (χ2n) is 6.00. The molecular weight excluding hydrogens is 352 g/mol. The van der Waals surface area contributed by atoms with Crippen molar-refractivity contribution >= 4 is 22.4 Å². The summed E-state index contributed by atoms with van der Waals surface area (Å²) in [5, 5.41) is 5.37. The molecule has 7 heteroatoms. The van der Waals surface area contributed by atoms with Crippen LogP contribution in [-0.2, 0) is 4.79 Å². The molecule has 2 aliphatic rings. The van der Waals surface area contributed by atoms with Crippen molar-refractivity contribution in [2.75, 3.05) is 18.7 Å². The highest BCUT2D eigenvalue weighted by molar-refractivity contribution is 7.14. The zero-order valence-electron chi connectivity index (χ0n) is 13.6. The number of rotatable bonds is 3. The van der Waals surface area contributed by atoms with E-state index in [1.807, 2.05) is 47.8 Å². The summed E-state index contributed by atoms with van der Waals surface area (Å²) < 4.78 is 16.3. The summed E-state index contributed by atoms with van der Waals surface area (Å²) in [6.07, 6.45) is 0. The van der Waals surface area contributed by atoms with Crippen LogP contribution in [-0.4, -0.2) is 24.3 Å². The fraction of sp³-hybridized carbons (Fsp3) is 0.158. The number of nitrogens with zero attached hydrogens (tertiary/aromatic N) is 1. The lowest BCUT2D eigenvalue weighted by atomic mass is 10.0. The Bertz CT molecular complexity index is 1000. The van der Waals surface area contributed by atoms with Gasteiger partial charge in [-0.3, -0.25) is 4.79 Å². The lowest BCUT2D eigenvalue weighted by molar-refractivity contribution is -0.117. The van der Waals surface area contributed by atoms with Gasteiger partial charge < -0.3 is 19.5 Å². The molecule has 6 nitrogen and oxygen atoms in total. The number of carbonyl (C=O) groups excluding carboxylic acids is 1. The molecule has 3 heterocycles. The van der Waals surface area contributed by atoms with E-state index in [4.69, 9.17) is 14.2 Å². The molecule has 1 aromatic heterocycles. The van der Waals surface area contributed by atoms with Gasteiger partial charge in [-0.15, -0.1) is 11.3 Å². The summed E-state index contributed by atoms with van der Waals surface area (Å²) in [4.78, 5) is 17.1. The summed E-state index contributed by atoms with van der Waals surface area (Å²) in [5.74, 6) is 1.79. The van der Waals surface area contributed by atoms with E-state index in [0.29, 0.717) is 17.5 Å². The molecule has 0 saturated carbocycles. The molecule has 130 valence electrons. The van der Waals surface area contributed by atoms with Crippen molar-refractivity contribution in [3.05, 3.63) is 53.4 Å². The average molecular weight is 366 g/mol. The molecule has 0 fully saturated rings. The fourth-order valence-electron chi connectivity index (χ4n) is 3.09. The Hall–Kier alpha value is -3.06. The highest BCUT2D eigenvalue weighted by Gasteiger charge is 2.30. The van der Waals surface area contributed by atoms with E-state index < -0.39 is 0 Å². The SMILES string of the molecule is O=C(Nc1nc(-c2ccc3c(c2)OCO3)cs1)C1COc2ccccc21. The molecule has 3 aromatic rings. The third kappa shape index (κ3) is 2.57. The third-order valence-electron chi connectivity index (χ3n) is 4.42. The van der Waals surface area contributed by atoms with Gasteiger partial charge in [-0.1, -0.05) is 18.2 Å². The van der Waals surface area contributed by atoms with E-state index in [1.54, 1.807) is 0 Å². The first-order valence-corrected chi connectivity index (χ1v) is 9.04. The Labute approximate surface area is 153 Å². The number of para-hydroxylation sites is 1. The standard InChI is InChI=1S/C19H14N2O4S/c22-18(13-8-23-15-4-2-1-3-12(13)15)21-19-20-14(9-26-19)11-5-6-16-17(7-11)25-10-24-16/h1-7,9,13H,8,10H2,(H,20,21,22). The largest absolute Gasteiger partial charge is 0.492 e. The number of anilines is 1. The maximum atomic E-state index is 12.6. The number of aromatic nitrogens is 1. The van der Waals surface area contributed by atoms with E-state index in [9.17, 15) is 4.79 Å². The zero-order valence-corrected chi connectivity index (χ0v) is 14.4. The van der Waals surface area contributed by atoms with Gasteiger partial charge in [-0.25, -0.2) is 4.98 Å². The molecule has 0 saturated heterocycles. The normalized spacial score (nSPS) is 16.8. The van der Waals surface area contributed by atoms with Gasteiger partial charge in [0.1, 0.15) is 18.3 Å². The van der Waals surface area contributed by atoms with Crippen LogP contribution in [0.5, 0.6) is 17.2 Å². The Morgan fingerprint density at radius 2 is 1.96 bits per heavy atom. The molecule has 1 N–H and O–H groups in total. The van der Waals surface area contributed by atoms with Crippen LogP contribution in [0.2, 0.25) is 0 Å². The topological polar surface area (TPSA) is 69.7 Å². The Balaban J connectivity index is 1.34. The van der Waals surface area contributed by atoms with Crippen LogP contribution in [0.25, 0.3) is 11.3 Å². The summed E-state index contributed by atoms with van der Waals surface area (Å²) in [6.45, 7) is 0.591. The maximum Gasteiger partial charge on any atom is 0.237 e. The van der Waals surface area contributed by atoms with Crippen molar-refractivity contribution in [1.82, 2.24) is 4.98 Å². The summed E-state index contributed by atoms with van der Waals surface area (Å²) in [7, 11) is 0. The molecule has 1 unspecified atom stereocenters. The average Bonchev–Trinajstić information content (AvgIpc) is 3.39. The van der Waals surface area contributed by atoms with Gasteiger partial charge in [0.2, 0.25) is 12.7 Å². The van der Waals surface area contributed by atoms with Crippen LogP contribution < -0.4 is 19.5 Å². The monoisotopic (exact) mass is 366 g/mol. The first-order chi connectivity index (χ1) is 12.8. The molecule has 1 atom stereocenters. The highest BCUT2D eigenvalue weighted by Crippen LogP contribution is 2.37. The quantitative estimate of drug-likeness (QED) is 0.766. The van der Waals surface area contributed by atoms with Gasteiger partial charge in [0.25, 0.3) is 0 Å². The summed E-state index contributed by atoms with van der Waals surface area (Å²) in [5.41, 5.74) is 2.62. The van der Waals surface area contributed by atoms with Gasteiger partial charge in [0.05, 0.1) is 5.69 Å². The van der Waals surface area contributed by atoms with Crippen LogP contribution >= 0.6 is 11.3 Å². The molecule has 0 aliphatic carbocycles. The molecule has 2 aromatic carbocycles. The summed E-state index contributed by atoms with van der Waals surface area (Å²) in [6, 6.07) is 13.3. The van der Waals surface area contributed by atoms with Gasteiger partial charge >= 0.3 is 0 Å². The van der Waals surface area contributed by atoms with Crippen molar-refractivity contribution in [1.29, 1.82) is 0 Å². The molecule has 5 rings (SSSR count). The Morgan fingerprint density at radius 1 is 1.08 bits per heavy atom. The number of thiazole rings is 1. The van der Waals surface area contributed by atoms with Crippen molar-refractivity contribution in [2.45, 2.75) is 5.92 Å². The minimum Gasteiger partial charge on any atom is -0.492 e. The molecule has 0 radical (unpaired) electrons.